The van der Waals surface area contributed by atoms with Gasteiger partial charge in [0.15, 0.2) is 0 Å². The Hall–Kier alpha value is -1.36. The average Bonchev–Trinajstić information content (AvgIpc) is 3.03. The van der Waals surface area contributed by atoms with Crippen molar-refractivity contribution in [2.24, 2.45) is 11.8 Å². The lowest BCUT2D eigenvalue weighted by Gasteiger charge is -2.16. The molecule has 1 aromatic heterocycles. The number of aromatic nitrogens is 2. The molecule has 2 fully saturated rings. The molecule has 98 valence electrons. The fraction of sp³-hybridized carbons (Fsp3) is 0.692. The maximum atomic E-state index is 12.2. The first-order valence-electron chi connectivity index (χ1n) is 6.84. The summed E-state index contributed by atoms with van der Waals surface area (Å²) in [7, 11) is 0. The third-order valence-electron chi connectivity index (χ3n) is 4.25. The molecule has 0 bridgehead atoms. The largest absolute Gasteiger partial charge is 0.322 e. The van der Waals surface area contributed by atoms with Crippen LogP contribution < -0.4 is 10.6 Å². The van der Waals surface area contributed by atoms with Crippen molar-refractivity contribution in [3.63, 3.8) is 0 Å². The van der Waals surface area contributed by atoms with E-state index in [9.17, 15) is 4.79 Å². The number of aryl methyl sites for hydroxylation is 1. The van der Waals surface area contributed by atoms with Gasteiger partial charge in [0.1, 0.15) is 0 Å². The average molecular weight is 248 g/mol. The molecule has 3 atom stereocenters. The van der Waals surface area contributed by atoms with Crippen LogP contribution in [0.1, 0.15) is 26.2 Å². The number of nitrogens with one attached hydrogen (secondary N) is 2. The second kappa shape index (κ2) is 4.72. The van der Waals surface area contributed by atoms with Crippen LogP contribution in [0.25, 0.3) is 0 Å². The van der Waals surface area contributed by atoms with Gasteiger partial charge in [-0.05, 0) is 38.1 Å². The number of carbonyl (C=O) groups excluding carboxylic acids is 1. The monoisotopic (exact) mass is 248 g/mol. The van der Waals surface area contributed by atoms with Crippen LogP contribution in [-0.4, -0.2) is 28.3 Å². The predicted octanol–water partition coefficient (Wildman–Crippen LogP) is 1.23. The highest BCUT2D eigenvalue weighted by Gasteiger charge is 2.42. The van der Waals surface area contributed by atoms with Gasteiger partial charge in [0.05, 0.1) is 17.9 Å². The van der Waals surface area contributed by atoms with Crippen LogP contribution in [0.2, 0.25) is 0 Å². The fourth-order valence-electron chi connectivity index (χ4n) is 3.30. The lowest BCUT2D eigenvalue weighted by molar-refractivity contribution is -0.118. The van der Waals surface area contributed by atoms with Gasteiger partial charge in [0.2, 0.25) is 5.91 Å². The van der Waals surface area contributed by atoms with E-state index < -0.39 is 0 Å². The molecule has 1 aliphatic heterocycles. The molecule has 1 aromatic rings. The molecule has 5 nitrogen and oxygen atoms in total. The highest BCUT2D eigenvalue weighted by molar-refractivity contribution is 5.95. The number of hydrogen-bond donors (Lipinski definition) is 2. The fourth-order valence-corrected chi connectivity index (χ4v) is 3.30. The molecule has 18 heavy (non-hydrogen) atoms. The molecule has 2 aliphatic rings. The second-order valence-corrected chi connectivity index (χ2v) is 5.31. The Kier molecular flexibility index (Phi) is 3.07. The molecule has 0 aromatic carbocycles. The summed E-state index contributed by atoms with van der Waals surface area (Å²) in [6.45, 7) is 3.85. The molecule has 1 saturated heterocycles. The molecule has 1 saturated carbocycles. The van der Waals surface area contributed by atoms with Crippen molar-refractivity contribution < 1.29 is 4.79 Å². The lowest BCUT2D eigenvalue weighted by Crippen LogP contribution is -2.39. The molecule has 2 heterocycles. The van der Waals surface area contributed by atoms with E-state index in [2.05, 4.69) is 15.7 Å². The first-order chi connectivity index (χ1) is 8.78. The Morgan fingerprint density at radius 3 is 3.28 bits per heavy atom. The summed E-state index contributed by atoms with van der Waals surface area (Å²) >= 11 is 0. The van der Waals surface area contributed by atoms with Crippen molar-refractivity contribution in [1.29, 1.82) is 0 Å². The summed E-state index contributed by atoms with van der Waals surface area (Å²) in [5, 5.41) is 10.5. The van der Waals surface area contributed by atoms with Crippen LogP contribution >= 0.6 is 0 Å². The number of anilines is 1. The lowest BCUT2D eigenvalue weighted by atomic mass is 9.93. The Bertz CT molecular complexity index is 442. The molecule has 2 N–H and O–H groups in total. The number of nitrogens with zero attached hydrogens (tertiary/aromatic N) is 2. The summed E-state index contributed by atoms with van der Waals surface area (Å²) in [4.78, 5) is 12.2. The van der Waals surface area contributed by atoms with Gasteiger partial charge in [-0.15, -0.1) is 0 Å². The van der Waals surface area contributed by atoms with Crippen LogP contribution in [0.15, 0.2) is 12.4 Å². The second-order valence-electron chi connectivity index (χ2n) is 5.31. The molecule has 1 amide bonds. The minimum Gasteiger partial charge on any atom is -0.322 e. The van der Waals surface area contributed by atoms with E-state index in [1.54, 1.807) is 6.20 Å². The zero-order valence-electron chi connectivity index (χ0n) is 10.7. The number of carbonyl (C=O) groups is 1. The third-order valence-corrected chi connectivity index (χ3v) is 4.25. The molecule has 0 spiro atoms. The van der Waals surface area contributed by atoms with E-state index in [0.29, 0.717) is 11.8 Å². The zero-order valence-corrected chi connectivity index (χ0v) is 10.7. The summed E-state index contributed by atoms with van der Waals surface area (Å²) in [5.41, 5.74) is 0.796. The van der Waals surface area contributed by atoms with Gasteiger partial charge in [0.25, 0.3) is 0 Å². The van der Waals surface area contributed by atoms with Gasteiger partial charge in [-0.3, -0.25) is 9.48 Å². The Morgan fingerprint density at radius 2 is 2.50 bits per heavy atom. The SMILES string of the molecule is CCn1cc(NC(=O)C2NCC3CCCC32)cn1. The maximum Gasteiger partial charge on any atom is 0.241 e. The topological polar surface area (TPSA) is 59.0 Å². The molecule has 3 unspecified atom stereocenters. The van der Waals surface area contributed by atoms with Crippen molar-refractivity contribution in [3.8, 4) is 0 Å². The minimum atomic E-state index is -0.0116. The van der Waals surface area contributed by atoms with Crippen molar-refractivity contribution in [1.82, 2.24) is 15.1 Å². The molecule has 3 rings (SSSR count). The maximum absolute atomic E-state index is 12.2. The van der Waals surface area contributed by atoms with E-state index in [1.165, 1.54) is 19.3 Å². The van der Waals surface area contributed by atoms with E-state index >= 15 is 0 Å². The van der Waals surface area contributed by atoms with E-state index in [-0.39, 0.29) is 11.9 Å². The van der Waals surface area contributed by atoms with Crippen LogP contribution in [-0.2, 0) is 11.3 Å². The van der Waals surface area contributed by atoms with Gasteiger partial charge >= 0.3 is 0 Å². The van der Waals surface area contributed by atoms with Crippen LogP contribution in [0.5, 0.6) is 0 Å². The predicted molar refractivity (Wildman–Crippen MR) is 69.2 cm³/mol. The number of hydrogen-bond acceptors (Lipinski definition) is 3. The smallest absolute Gasteiger partial charge is 0.241 e. The quantitative estimate of drug-likeness (QED) is 0.846. The molecule has 1 aliphatic carbocycles. The van der Waals surface area contributed by atoms with Gasteiger partial charge < -0.3 is 10.6 Å². The van der Waals surface area contributed by atoms with E-state index in [4.69, 9.17) is 0 Å². The number of rotatable bonds is 3. The highest BCUT2D eigenvalue weighted by atomic mass is 16.2. The summed E-state index contributed by atoms with van der Waals surface area (Å²) in [5.74, 6) is 1.34. The normalized spacial score (nSPS) is 30.4. The Labute approximate surface area is 107 Å². The first kappa shape index (κ1) is 11.7. The third kappa shape index (κ3) is 2.03. The first-order valence-corrected chi connectivity index (χ1v) is 6.84. The Balaban J connectivity index is 1.64. The number of amides is 1. The van der Waals surface area contributed by atoms with Crippen molar-refractivity contribution in [3.05, 3.63) is 12.4 Å². The van der Waals surface area contributed by atoms with Crippen molar-refractivity contribution >= 4 is 11.6 Å². The zero-order chi connectivity index (χ0) is 12.5. The van der Waals surface area contributed by atoms with Crippen molar-refractivity contribution in [2.45, 2.75) is 38.8 Å². The standard InChI is InChI=1S/C13H20N4O/c1-2-17-8-10(7-15-17)16-13(18)12-11-5-3-4-9(11)6-14-12/h7-9,11-12,14H,2-6H2,1H3,(H,16,18). The number of fused-ring (bicyclic) bond motifs is 1. The van der Waals surface area contributed by atoms with Gasteiger partial charge in [0, 0.05) is 12.7 Å². The van der Waals surface area contributed by atoms with Gasteiger partial charge in [-0.1, -0.05) is 6.42 Å². The van der Waals surface area contributed by atoms with Crippen molar-refractivity contribution in [2.75, 3.05) is 11.9 Å². The van der Waals surface area contributed by atoms with Crippen LogP contribution in [0, 0.1) is 11.8 Å². The van der Waals surface area contributed by atoms with Gasteiger partial charge in [-0.2, -0.15) is 5.10 Å². The summed E-state index contributed by atoms with van der Waals surface area (Å²) < 4.78 is 1.82. The molecular weight excluding hydrogens is 228 g/mol. The van der Waals surface area contributed by atoms with E-state index in [0.717, 1.165) is 18.8 Å². The summed E-state index contributed by atoms with van der Waals surface area (Å²) in [6, 6.07) is -0.0116. The summed E-state index contributed by atoms with van der Waals surface area (Å²) in [6.07, 6.45) is 7.31. The van der Waals surface area contributed by atoms with Gasteiger partial charge in [-0.25, -0.2) is 0 Å². The Morgan fingerprint density at radius 1 is 1.61 bits per heavy atom. The van der Waals surface area contributed by atoms with Crippen LogP contribution in [0.3, 0.4) is 0 Å². The minimum absolute atomic E-state index is 0.0116. The molecule has 5 heteroatoms. The molecular formula is C13H20N4O. The highest BCUT2D eigenvalue weighted by Crippen LogP contribution is 2.37. The molecule has 0 radical (unpaired) electrons. The van der Waals surface area contributed by atoms with Crippen LogP contribution in [0.4, 0.5) is 5.69 Å². The van der Waals surface area contributed by atoms with E-state index in [1.807, 2.05) is 17.8 Å².